The summed E-state index contributed by atoms with van der Waals surface area (Å²) in [5, 5.41) is 2.96. The lowest BCUT2D eigenvalue weighted by Gasteiger charge is -2.34. The molecule has 2 aliphatic rings. The molecule has 2 fully saturated rings. The summed E-state index contributed by atoms with van der Waals surface area (Å²) >= 11 is 6.11. The molecule has 0 unspecified atom stereocenters. The van der Waals surface area contributed by atoms with Gasteiger partial charge in [-0.3, -0.25) is 4.79 Å². The van der Waals surface area contributed by atoms with Crippen LogP contribution in [0.4, 0.5) is 0 Å². The molecule has 1 saturated heterocycles. The molecule has 3 rings (SSSR count). The molecule has 1 saturated carbocycles. The van der Waals surface area contributed by atoms with Crippen LogP contribution in [-0.4, -0.2) is 63.6 Å². The highest BCUT2D eigenvalue weighted by Crippen LogP contribution is 2.29. The highest BCUT2D eigenvalue weighted by Gasteiger charge is 2.30. The number of benzene rings is 1. The maximum absolute atomic E-state index is 12.9. The standard InChI is InChI=1S/C21H29ClN2O6S/c1-14-4-3-5-18(15(14)2)23-20(25)13-30-21(26)16-6-7-17(22)19(12-16)31(27,28)24-8-10-29-11-9-24/h6-7,12,14-15,18H,3-5,8-11,13H2,1-2H3,(H,23,25)/t14-,15+,18-/m1/s1. The van der Waals surface area contributed by atoms with Crippen molar-refractivity contribution < 1.29 is 27.5 Å². The zero-order chi connectivity index (χ0) is 22.6. The van der Waals surface area contributed by atoms with Gasteiger partial charge in [0.1, 0.15) is 4.90 Å². The molecule has 1 N–H and O–H groups in total. The van der Waals surface area contributed by atoms with Crippen LogP contribution in [0.15, 0.2) is 23.1 Å². The van der Waals surface area contributed by atoms with Crippen molar-refractivity contribution in [3.8, 4) is 0 Å². The van der Waals surface area contributed by atoms with Crippen molar-refractivity contribution in [2.75, 3.05) is 32.9 Å². The lowest BCUT2D eigenvalue weighted by atomic mass is 9.78. The lowest BCUT2D eigenvalue weighted by Crippen LogP contribution is -2.45. The van der Waals surface area contributed by atoms with E-state index in [1.807, 2.05) is 0 Å². The maximum atomic E-state index is 12.9. The fraction of sp³-hybridized carbons (Fsp3) is 0.619. The van der Waals surface area contributed by atoms with E-state index in [4.69, 9.17) is 21.1 Å². The second-order valence-corrected chi connectivity index (χ2v) is 10.5. The Labute approximate surface area is 188 Å². The predicted octanol–water partition coefficient (Wildman–Crippen LogP) is 2.46. The second-order valence-electron chi connectivity index (χ2n) is 8.18. The number of ether oxygens (including phenoxy) is 2. The predicted molar refractivity (Wildman–Crippen MR) is 115 cm³/mol. The zero-order valence-electron chi connectivity index (χ0n) is 17.8. The van der Waals surface area contributed by atoms with Gasteiger partial charge < -0.3 is 14.8 Å². The number of esters is 1. The summed E-state index contributed by atoms with van der Waals surface area (Å²) in [6.07, 6.45) is 3.11. The lowest BCUT2D eigenvalue weighted by molar-refractivity contribution is -0.125. The smallest absolute Gasteiger partial charge is 0.338 e. The molecule has 0 bridgehead atoms. The zero-order valence-corrected chi connectivity index (χ0v) is 19.4. The van der Waals surface area contributed by atoms with E-state index in [2.05, 4.69) is 19.2 Å². The number of carbonyl (C=O) groups is 2. The average Bonchev–Trinajstić information content (AvgIpc) is 2.76. The molecule has 8 nitrogen and oxygen atoms in total. The number of rotatable bonds is 6. The monoisotopic (exact) mass is 472 g/mol. The van der Waals surface area contributed by atoms with E-state index in [-0.39, 0.29) is 40.5 Å². The van der Waals surface area contributed by atoms with E-state index >= 15 is 0 Å². The van der Waals surface area contributed by atoms with Gasteiger partial charge in [0.05, 0.1) is 23.8 Å². The van der Waals surface area contributed by atoms with E-state index < -0.39 is 22.6 Å². The molecule has 1 amide bonds. The summed E-state index contributed by atoms with van der Waals surface area (Å²) in [6, 6.07) is 3.98. The molecule has 1 aliphatic carbocycles. The van der Waals surface area contributed by atoms with Crippen molar-refractivity contribution in [2.24, 2.45) is 11.8 Å². The topological polar surface area (TPSA) is 102 Å². The number of carbonyl (C=O) groups excluding carboxylic acids is 2. The Morgan fingerprint density at radius 3 is 2.65 bits per heavy atom. The molecule has 1 aromatic rings. The molecule has 172 valence electrons. The highest BCUT2D eigenvalue weighted by atomic mass is 35.5. The molecule has 1 aromatic carbocycles. The number of hydrogen-bond acceptors (Lipinski definition) is 6. The van der Waals surface area contributed by atoms with Crippen LogP contribution < -0.4 is 5.32 Å². The Bertz CT molecular complexity index is 916. The van der Waals surface area contributed by atoms with Gasteiger partial charge in [0.2, 0.25) is 10.0 Å². The van der Waals surface area contributed by atoms with Crippen LogP contribution in [0.5, 0.6) is 0 Å². The number of sulfonamides is 1. The van der Waals surface area contributed by atoms with Crippen LogP contribution in [0.1, 0.15) is 43.5 Å². The van der Waals surface area contributed by atoms with E-state index in [0.717, 1.165) is 19.3 Å². The first kappa shape index (κ1) is 24.0. The first-order valence-electron chi connectivity index (χ1n) is 10.5. The third-order valence-corrected chi connectivity index (χ3v) is 8.52. The fourth-order valence-electron chi connectivity index (χ4n) is 4.00. The summed E-state index contributed by atoms with van der Waals surface area (Å²) < 4.78 is 37.4. The van der Waals surface area contributed by atoms with Gasteiger partial charge in [-0.05, 0) is 36.5 Å². The maximum Gasteiger partial charge on any atom is 0.338 e. The number of hydrogen-bond donors (Lipinski definition) is 1. The van der Waals surface area contributed by atoms with Crippen molar-refractivity contribution >= 4 is 33.5 Å². The van der Waals surface area contributed by atoms with E-state index in [1.54, 1.807) is 0 Å². The molecule has 3 atom stereocenters. The van der Waals surface area contributed by atoms with Gasteiger partial charge >= 0.3 is 5.97 Å². The third-order valence-electron chi connectivity index (χ3n) is 6.14. The first-order valence-corrected chi connectivity index (χ1v) is 12.4. The van der Waals surface area contributed by atoms with Gasteiger partial charge in [-0.15, -0.1) is 0 Å². The van der Waals surface area contributed by atoms with Gasteiger partial charge in [0, 0.05) is 19.1 Å². The Hall–Kier alpha value is -1.68. The minimum Gasteiger partial charge on any atom is -0.452 e. The molecular formula is C21H29ClN2O6S. The van der Waals surface area contributed by atoms with Crippen molar-refractivity contribution in [3.05, 3.63) is 28.8 Å². The average molecular weight is 473 g/mol. The van der Waals surface area contributed by atoms with Crippen molar-refractivity contribution in [1.82, 2.24) is 9.62 Å². The molecule has 10 heteroatoms. The summed E-state index contributed by atoms with van der Waals surface area (Å²) in [7, 11) is -3.88. The molecule has 1 heterocycles. The minimum atomic E-state index is -3.88. The van der Waals surface area contributed by atoms with Crippen LogP contribution in [0.2, 0.25) is 5.02 Å². The Kier molecular flexibility index (Phi) is 7.96. The van der Waals surface area contributed by atoms with Crippen LogP contribution >= 0.6 is 11.6 Å². The van der Waals surface area contributed by atoms with Gasteiger partial charge in [-0.25, -0.2) is 13.2 Å². The van der Waals surface area contributed by atoms with Crippen molar-refractivity contribution in [3.63, 3.8) is 0 Å². The second kappa shape index (κ2) is 10.3. The number of nitrogens with zero attached hydrogens (tertiary/aromatic N) is 1. The first-order chi connectivity index (χ1) is 14.7. The van der Waals surface area contributed by atoms with E-state index in [1.165, 1.54) is 22.5 Å². The van der Waals surface area contributed by atoms with Gasteiger partial charge in [-0.2, -0.15) is 4.31 Å². The number of nitrogens with one attached hydrogen (secondary N) is 1. The minimum absolute atomic E-state index is 0.0150. The van der Waals surface area contributed by atoms with E-state index in [0.29, 0.717) is 25.0 Å². The molecule has 31 heavy (non-hydrogen) atoms. The molecule has 0 aromatic heterocycles. The Morgan fingerprint density at radius 2 is 1.94 bits per heavy atom. The van der Waals surface area contributed by atoms with Crippen LogP contribution in [-0.2, 0) is 24.3 Å². The third kappa shape index (κ3) is 5.77. The number of amides is 1. The summed E-state index contributed by atoms with van der Waals surface area (Å²) in [4.78, 5) is 24.5. The van der Waals surface area contributed by atoms with Crippen LogP contribution in [0, 0.1) is 11.8 Å². The Morgan fingerprint density at radius 1 is 1.23 bits per heavy atom. The molecular weight excluding hydrogens is 444 g/mol. The van der Waals surface area contributed by atoms with Crippen molar-refractivity contribution in [2.45, 2.75) is 44.0 Å². The van der Waals surface area contributed by atoms with Crippen LogP contribution in [0.3, 0.4) is 0 Å². The molecule has 0 radical (unpaired) electrons. The van der Waals surface area contributed by atoms with Gasteiger partial charge in [0.15, 0.2) is 6.61 Å². The summed E-state index contributed by atoms with van der Waals surface area (Å²) in [5.74, 6) is -0.259. The summed E-state index contributed by atoms with van der Waals surface area (Å²) in [6.45, 7) is 4.89. The van der Waals surface area contributed by atoms with Crippen LogP contribution in [0.25, 0.3) is 0 Å². The summed E-state index contributed by atoms with van der Waals surface area (Å²) in [5.41, 5.74) is 0.0173. The van der Waals surface area contributed by atoms with Crippen molar-refractivity contribution in [1.29, 1.82) is 0 Å². The SMILES string of the molecule is C[C@H]1[C@H](C)CCC[C@H]1NC(=O)COC(=O)c1ccc(Cl)c(S(=O)(=O)N2CCOCC2)c1. The molecule has 0 spiro atoms. The van der Waals surface area contributed by atoms with Gasteiger partial charge in [-0.1, -0.05) is 38.3 Å². The largest absolute Gasteiger partial charge is 0.452 e. The normalized spacial score (nSPS) is 25.1. The fourth-order valence-corrected chi connectivity index (χ4v) is 5.91. The number of halogens is 1. The number of morpholine rings is 1. The van der Waals surface area contributed by atoms with Gasteiger partial charge in [0.25, 0.3) is 5.91 Å². The molecule has 1 aliphatic heterocycles. The highest BCUT2D eigenvalue weighted by molar-refractivity contribution is 7.89. The Balaban J connectivity index is 1.63. The quantitative estimate of drug-likeness (QED) is 0.638. The van der Waals surface area contributed by atoms with E-state index in [9.17, 15) is 18.0 Å².